The molecular weight excluding hydrogens is 260 g/mol. The van der Waals surface area contributed by atoms with E-state index in [9.17, 15) is 19.8 Å². The van der Waals surface area contributed by atoms with Gasteiger partial charge in [0.1, 0.15) is 5.57 Å². The molecule has 2 unspecified atom stereocenters. The molecule has 5 nitrogen and oxygen atoms in total. The average molecular weight is 272 g/mol. The molecule has 3 rings (SSSR count). The summed E-state index contributed by atoms with van der Waals surface area (Å²) in [6.07, 6.45) is 1.44. The Balaban J connectivity index is 2.01. The standard InChI is InChI=1S/C15H12O5/c16-10-6-7-15(19)13(14(10)18)11(17)8-12(20-15)9-4-2-1-3-5-9/h1-7,12,18-19H,8H2. The number of allylic oxidation sites excluding steroid dienone is 1. The maximum Gasteiger partial charge on any atom is 0.221 e. The van der Waals surface area contributed by atoms with E-state index in [0.29, 0.717) is 0 Å². The largest absolute Gasteiger partial charge is 0.504 e. The zero-order chi connectivity index (χ0) is 14.3. The molecule has 1 aromatic rings. The van der Waals surface area contributed by atoms with E-state index in [1.54, 1.807) is 24.3 Å². The monoisotopic (exact) mass is 272 g/mol. The highest BCUT2D eigenvalue weighted by Gasteiger charge is 2.48. The molecule has 1 aromatic carbocycles. The smallest absolute Gasteiger partial charge is 0.221 e. The van der Waals surface area contributed by atoms with Gasteiger partial charge in [0.05, 0.1) is 6.10 Å². The maximum absolute atomic E-state index is 12.1. The molecule has 0 bridgehead atoms. The van der Waals surface area contributed by atoms with E-state index >= 15 is 0 Å². The Morgan fingerprint density at radius 2 is 1.90 bits per heavy atom. The van der Waals surface area contributed by atoms with Gasteiger partial charge in [-0.15, -0.1) is 0 Å². The SMILES string of the molecule is O=C1C=CC2(O)OC(c3ccccc3)CC(=O)C2=C1O. The number of hydrogen-bond acceptors (Lipinski definition) is 5. The number of aliphatic hydroxyl groups excluding tert-OH is 1. The Hall–Kier alpha value is -2.24. The van der Waals surface area contributed by atoms with Crippen LogP contribution in [0, 0.1) is 0 Å². The van der Waals surface area contributed by atoms with Crippen LogP contribution in [0.3, 0.4) is 0 Å². The van der Waals surface area contributed by atoms with E-state index in [0.717, 1.165) is 17.7 Å². The number of hydrogen-bond donors (Lipinski definition) is 2. The molecule has 1 heterocycles. The number of ether oxygens (including phenoxy) is 1. The van der Waals surface area contributed by atoms with Crippen LogP contribution in [-0.4, -0.2) is 27.6 Å². The summed E-state index contributed by atoms with van der Waals surface area (Å²) in [5.74, 6) is -4.00. The van der Waals surface area contributed by atoms with Crippen molar-refractivity contribution in [2.45, 2.75) is 18.3 Å². The third-order valence-corrected chi connectivity index (χ3v) is 3.43. The van der Waals surface area contributed by atoms with Crippen LogP contribution >= 0.6 is 0 Å². The maximum atomic E-state index is 12.1. The van der Waals surface area contributed by atoms with Crippen molar-refractivity contribution in [3.63, 3.8) is 0 Å². The summed E-state index contributed by atoms with van der Waals surface area (Å²) < 4.78 is 5.53. The minimum atomic E-state index is -2.05. The van der Waals surface area contributed by atoms with Gasteiger partial charge in [0.15, 0.2) is 11.5 Å². The zero-order valence-electron chi connectivity index (χ0n) is 10.4. The Kier molecular flexibility index (Phi) is 2.81. The molecule has 0 aromatic heterocycles. The Morgan fingerprint density at radius 1 is 1.20 bits per heavy atom. The number of ketones is 2. The highest BCUT2D eigenvalue weighted by atomic mass is 16.6. The van der Waals surface area contributed by atoms with E-state index in [1.807, 2.05) is 6.07 Å². The van der Waals surface area contributed by atoms with Crippen LogP contribution in [0.1, 0.15) is 18.1 Å². The van der Waals surface area contributed by atoms with Gasteiger partial charge in [0, 0.05) is 6.42 Å². The summed E-state index contributed by atoms with van der Waals surface area (Å²) >= 11 is 0. The predicted octanol–water partition coefficient (Wildman–Crippen LogP) is 1.36. The molecule has 0 amide bonds. The van der Waals surface area contributed by atoms with Gasteiger partial charge < -0.3 is 14.9 Å². The summed E-state index contributed by atoms with van der Waals surface area (Å²) in [6.45, 7) is 0. The van der Waals surface area contributed by atoms with Gasteiger partial charge in [-0.2, -0.15) is 0 Å². The molecule has 2 aliphatic rings. The van der Waals surface area contributed by atoms with Crippen LogP contribution in [0.5, 0.6) is 0 Å². The van der Waals surface area contributed by atoms with Crippen molar-refractivity contribution < 1.29 is 24.5 Å². The van der Waals surface area contributed by atoms with Crippen molar-refractivity contribution in [2.24, 2.45) is 0 Å². The molecule has 0 spiro atoms. The van der Waals surface area contributed by atoms with Crippen LogP contribution in [0.4, 0.5) is 0 Å². The summed E-state index contributed by atoms with van der Waals surface area (Å²) in [5, 5.41) is 20.1. The van der Waals surface area contributed by atoms with Crippen LogP contribution in [0.15, 0.2) is 53.8 Å². The van der Waals surface area contributed by atoms with Crippen molar-refractivity contribution in [3.05, 3.63) is 59.4 Å². The fourth-order valence-corrected chi connectivity index (χ4v) is 2.46. The molecule has 1 saturated heterocycles. The second-order valence-corrected chi connectivity index (χ2v) is 4.76. The number of benzene rings is 1. The Bertz CT molecular complexity index is 643. The van der Waals surface area contributed by atoms with Gasteiger partial charge in [-0.25, -0.2) is 0 Å². The molecule has 1 aliphatic heterocycles. The zero-order valence-corrected chi connectivity index (χ0v) is 10.4. The van der Waals surface area contributed by atoms with Crippen LogP contribution in [0.25, 0.3) is 0 Å². The lowest BCUT2D eigenvalue weighted by Gasteiger charge is -2.37. The summed E-state index contributed by atoms with van der Waals surface area (Å²) in [6, 6.07) is 9.01. The van der Waals surface area contributed by atoms with Crippen molar-refractivity contribution in [2.75, 3.05) is 0 Å². The van der Waals surface area contributed by atoms with E-state index in [1.165, 1.54) is 0 Å². The molecule has 2 N–H and O–H groups in total. The van der Waals surface area contributed by atoms with Gasteiger partial charge in [-0.3, -0.25) is 9.59 Å². The van der Waals surface area contributed by atoms with E-state index < -0.39 is 29.2 Å². The molecule has 5 heteroatoms. The lowest BCUT2D eigenvalue weighted by molar-refractivity contribution is -0.195. The second kappa shape index (κ2) is 4.40. The third-order valence-electron chi connectivity index (χ3n) is 3.43. The number of carbonyl (C=O) groups is 2. The van der Waals surface area contributed by atoms with Crippen LogP contribution in [-0.2, 0) is 14.3 Å². The average Bonchev–Trinajstić information content (AvgIpc) is 2.44. The first kappa shape index (κ1) is 12.8. The van der Waals surface area contributed by atoms with Crippen LogP contribution < -0.4 is 0 Å². The molecule has 0 radical (unpaired) electrons. The first-order chi connectivity index (χ1) is 9.51. The minimum absolute atomic E-state index is 0.0349. The fourth-order valence-electron chi connectivity index (χ4n) is 2.46. The Morgan fingerprint density at radius 3 is 2.60 bits per heavy atom. The Labute approximate surface area is 114 Å². The summed E-state index contributed by atoms with van der Waals surface area (Å²) in [7, 11) is 0. The number of carbonyl (C=O) groups excluding carboxylic acids is 2. The fraction of sp³-hybridized carbons (Fsp3) is 0.200. The number of Topliss-reactive ketones (excluding diaryl/α,β-unsaturated/α-hetero) is 1. The summed E-state index contributed by atoms with van der Waals surface area (Å²) in [4.78, 5) is 23.5. The topological polar surface area (TPSA) is 83.8 Å². The van der Waals surface area contributed by atoms with Crippen molar-refractivity contribution in [1.29, 1.82) is 0 Å². The summed E-state index contributed by atoms with van der Waals surface area (Å²) in [5.41, 5.74) is 0.371. The second-order valence-electron chi connectivity index (χ2n) is 4.76. The van der Waals surface area contributed by atoms with Gasteiger partial charge in [-0.05, 0) is 17.7 Å². The first-order valence-corrected chi connectivity index (χ1v) is 6.17. The predicted molar refractivity (Wildman–Crippen MR) is 68.6 cm³/mol. The van der Waals surface area contributed by atoms with Gasteiger partial charge in [-0.1, -0.05) is 30.3 Å². The van der Waals surface area contributed by atoms with E-state index in [2.05, 4.69) is 0 Å². The minimum Gasteiger partial charge on any atom is -0.504 e. The normalized spacial score (nSPS) is 29.6. The highest BCUT2D eigenvalue weighted by molar-refractivity contribution is 6.12. The van der Waals surface area contributed by atoms with Crippen molar-refractivity contribution >= 4 is 11.6 Å². The quantitative estimate of drug-likeness (QED) is 0.806. The third kappa shape index (κ3) is 1.88. The highest BCUT2D eigenvalue weighted by Crippen LogP contribution is 2.40. The van der Waals surface area contributed by atoms with Gasteiger partial charge in [0.2, 0.25) is 11.6 Å². The number of aliphatic hydroxyl groups is 2. The molecule has 20 heavy (non-hydrogen) atoms. The molecule has 0 saturated carbocycles. The molecular formula is C15H12O5. The molecule has 102 valence electrons. The van der Waals surface area contributed by atoms with E-state index in [-0.39, 0.29) is 12.0 Å². The van der Waals surface area contributed by atoms with Crippen molar-refractivity contribution in [3.8, 4) is 0 Å². The van der Waals surface area contributed by atoms with Gasteiger partial charge in [0.25, 0.3) is 0 Å². The molecule has 2 atom stereocenters. The number of fused-ring (bicyclic) bond motifs is 1. The molecule has 1 fully saturated rings. The van der Waals surface area contributed by atoms with Crippen LogP contribution in [0.2, 0.25) is 0 Å². The van der Waals surface area contributed by atoms with Crippen molar-refractivity contribution in [1.82, 2.24) is 0 Å². The van der Waals surface area contributed by atoms with Gasteiger partial charge >= 0.3 is 0 Å². The first-order valence-electron chi connectivity index (χ1n) is 6.17. The lowest BCUT2D eigenvalue weighted by Crippen LogP contribution is -2.45. The lowest BCUT2D eigenvalue weighted by atomic mass is 9.86. The number of rotatable bonds is 1. The molecule has 1 aliphatic carbocycles. The van der Waals surface area contributed by atoms with E-state index in [4.69, 9.17) is 4.74 Å².